The van der Waals surface area contributed by atoms with Crippen LogP contribution in [0.1, 0.15) is 36.0 Å². The van der Waals surface area contributed by atoms with Crippen LogP contribution in [0.25, 0.3) is 0 Å². The zero-order valence-corrected chi connectivity index (χ0v) is 16.8. The molecule has 0 aliphatic carbocycles. The first kappa shape index (κ1) is 19.9. The number of hydrogen-bond donors (Lipinski definition) is 0. The first-order valence-corrected chi connectivity index (χ1v) is 10.9. The summed E-state index contributed by atoms with van der Waals surface area (Å²) < 4.78 is 27.6. The van der Waals surface area contributed by atoms with Crippen molar-refractivity contribution in [2.75, 3.05) is 25.0 Å². The van der Waals surface area contributed by atoms with E-state index >= 15 is 0 Å². The van der Waals surface area contributed by atoms with Gasteiger partial charge < -0.3 is 4.90 Å². The maximum atomic E-state index is 13.0. The molecule has 0 radical (unpaired) electrons. The Morgan fingerprint density at radius 2 is 1.63 bits per heavy atom. The first-order valence-electron chi connectivity index (χ1n) is 9.04. The van der Waals surface area contributed by atoms with Gasteiger partial charge in [0.25, 0.3) is 5.91 Å². The molecular formula is C20H23ClN2O3S. The number of sulfonamides is 1. The molecule has 0 bridgehead atoms. The summed E-state index contributed by atoms with van der Waals surface area (Å²) >= 11 is 6.23. The van der Waals surface area contributed by atoms with Crippen LogP contribution in [0.2, 0.25) is 5.02 Å². The van der Waals surface area contributed by atoms with Crippen molar-refractivity contribution in [2.45, 2.75) is 30.6 Å². The molecule has 2 aromatic rings. The molecule has 1 fully saturated rings. The van der Waals surface area contributed by atoms with Crippen LogP contribution in [-0.4, -0.2) is 38.8 Å². The molecule has 2 aromatic carbocycles. The lowest BCUT2D eigenvalue weighted by Gasteiger charge is -2.21. The molecule has 1 amide bonds. The fourth-order valence-electron chi connectivity index (χ4n) is 3.21. The first-order chi connectivity index (χ1) is 12.9. The van der Waals surface area contributed by atoms with E-state index in [-0.39, 0.29) is 21.4 Å². The van der Waals surface area contributed by atoms with Crippen LogP contribution < -0.4 is 4.90 Å². The Morgan fingerprint density at radius 3 is 2.26 bits per heavy atom. The molecule has 144 valence electrons. The molecule has 0 saturated carbocycles. The largest absolute Gasteiger partial charge is 0.311 e. The number of amides is 1. The van der Waals surface area contributed by atoms with Crippen LogP contribution in [0.5, 0.6) is 0 Å². The molecule has 5 nitrogen and oxygen atoms in total. The van der Waals surface area contributed by atoms with Gasteiger partial charge in [-0.15, -0.1) is 0 Å². The van der Waals surface area contributed by atoms with Crippen LogP contribution in [0.4, 0.5) is 5.69 Å². The number of benzene rings is 2. The zero-order chi connectivity index (χ0) is 19.4. The van der Waals surface area contributed by atoms with E-state index in [4.69, 9.17) is 11.6 Å². The highest BCUT2D eigenvalue weighted by Crippen LogP contribution is 2.26. The Hall–Kier alpha value is -1.89. The average molecular weight is 407 g/mol. The molecule has 0 spiro atoms. The lowest BCUT2D eigenvalue weighted by molar-refractivity contribution is 0.0993. The normalized spacial score (nSPS) is 15.9. The van der Waals surface area contributed by atoms with Crippen LogP contribution >= 0.6 is 11.6 Å². The topological polar surface area (TPSA) is 57.7 Å². The average Bonchev–Trinajstić information content (AvgIpc) is 2.98. The highest BCUT2D eigenvalue weighted by atomic mass is 35.5. The van der Waals surface area contributed by atoms with Crippen LogP contribution in [0, 0.1) is 0 Å². The molecule has 0 atom stereocenters. The number of para-hydroxylation sites is 1. The van der Waals surface area contributed by atoms with Gasteiger partial charge in [-0.1, -0.05) is 42.6 Å². The van der Waals surface area contributed by atoms with Gasteiger partial charge in [0.15, 0.2) is 0 Å². The smallest absolute Gasteiger partial charge is 0.259 e. The minimum absolute atomic E-state index is 0.110. The van der Waals surface area contributed by atoms with Crippen molar-refractivity contribution >= 4 is 33.2 Å². The predicted octanol–water partition coefficient (Wildman–Crippen LogP) is 4.18. The Kier molecular flexibility index (Phi) is 6.19. The molecule has 1 heterocycles. The molecule has 0 N–H and O–H groups in total. The maximum Gasteiger partial charge on any atom is 0.259 e. The molecule has 1 aliphatic rings. The summed E-state index contributed by atoms with van der Waals surface area (Å²) in [6.45, 7) is 1.02. The van der Waals surface area contributed by atoms with Crippen molar-refractivity contribution in [3.05, 3.63) is 59.1 Å². The maximum absolute atomic E-state index is 13.0. The van der Waals surface area contributed by atoms with Gasteiger partial charge in [0, 0.05) is 25.8 Å². The predicted molar refractivity (Wildman–Crippen MR) is 108 cm³/mol. The van der Waals surface area contributed by atoms with Crippen molar-refractivity contribution in [1.29, 1.82) is 0 Å². The Balaban J connectivity index is 1.93. The number of nitrogens with zero attached hydrogens (tertiary/aromatic N) is 2. The van der Waals surface area contributed by atoms with Gasteiger partial charge in [0.05, 0.1) is 15.5 Å². The zero-order valence-electron chi connectivity index (χ0n) is 15.3. The van der Waals surface area contributed by atoms with Gasteiger partial charge in [-0.3, -0.25) is 4.79 Å². The summed E-state index contributed by atoms with van der Waals surface area (Å²) in [5.41, 5.74) is 0.887. The van der Waals surface area contributed by atoms with Crippen LogP contribution in [-0.2, 0) is 10.0 Å². The molecule has 1 aliphatic heterocycles. The van der Waals surface area contributed by atoms with Crippen LogP contribution in [0.15, 0.2) is 53.4 Å². The van der Waals surface area contributed by atoms with Gasteiger partial charge in [0.2, 0.25) is 10.0 Å². The van der Waals surface area contributed by atoms with Crippen molar-refractivity contribution in [3.63, 3.8) is 0 Å². The molecule has 0 unspecified atom stereocenters. The Labute approximate surface area is 165 Å². The second-order valence-corrected chi connectivity index (χ2v) is 9.00. The van der Waals surface area contributed by atoms with E-state index in [1.54, 1.807) is 7.05 Å². The Morgan fingerprint density at radius 1 is 1.00 bits per heavy atom. The van der Waals surface area contributed by atoms with Gasteiger partial charge in [-0.2, -0.15) is 4.31 Å². The van der Waals surface area contributed by atoms with Gasteiger partial charge >= 0.3 is 0 Å². The third-order valence-electron chi connectivity index (χ3n) is 4.82. The second-order valence-electron chi connectivity index (χ2n) is 6.66. The molecule has 3 rings (SSSR count). The van der Waals surface area contributed by atoms with E-state index in [2.05, 4.69) is 0 Å². The van der Waals surface area contributed by atoms with Crippen molar-refractivity contribution in [2.24, 2.45) is 0 Å². The van der Waals surface area contributed by atoms with E-state index in [1.165, 1.54) is 27.4 Å². The quantitative estimate of drug-likeness (QED) is 0.765. The van der Waals surface area contributed by atoms with E-state index in [0.29, 0.717) is 18.8 Å². The van der Waals surface area contributed by atoms with Gasteiger partial charge in [-0.25, -0.2) is 8.42 Å². The summed E-state index contributed by atoms with van der Waals surface area (Å²) in [6.07, 6.45) is 3.79. The number of carbonyl (C=O) groups excluding carboxylic acids is 1. The lowest BCUT2D eigenvalue weighted by Crippen LogP contribution is -2.32. The number of anilines is 1. The van der Waals surface area contributed by atoms with Gasteiger partial charge in [0.1, 0.15) is 0 Å². The summed E-state index contributed by atoms with van der Waals surface area (Å²) in [7, 11) is -2.00. The highest BCUT2D eigenvalue weighted by Gasteiger charge is 2.27. The number of carbonyl (C=O) groups is 1. The number of halogens is 1. The van der Waals surface area contributed by atoms with Gasteiger partial charge in [-0.05, 0) is 43.2 Å². The van der Waals surface area contributed by atoms with E-state index < -0.39 is 10.0 Å². The molecule has 0 aromatic heterocycles. The van der Waals surface area contributed by atoms with Crippen molar-refractivity contribution in [1.82, 2.24) is 4.31 Å². The summed E-state index contributed by atoms with van der Waals surface area (Å²) in [6, 6.07) is 13.5. The highest BCUT2D eigenvalue weighted by molar-refractivity contribution is 7.89. The number of hydrogen-bond acceptors (Lipinski definition) is 3. The molecule has 7 heteroatoms. The molecule has 27 heavy (non-hydrogen) atoms. The van der Waals surface area contributed by atoms with E-state index in [0.717, 1.165) is 25.7 Å². The van der Waals surface area contributed by atoms with Crippen molar-refractivity contribution < 1.29 is 13.2 Å². The molecule has 1 saturated heterocycles. The fourth-order valence-corrected chi connectivity index (χ4v) is 4.95. The standard InChI is InChI=1S/C20H23ClN2O3S/c1-22(16-9-5-4-6-10-16)20(24)18-15-17(11-12-19(18)21)27(25,26)23-13-7-2-3-8-14-23/h4-6,9-12,15H,2-3,7-8,13-14H2,1H3. The Bertz CT molecular complexity index is 908. The van der Waals surface area contributed by atoms with Crippen molar-refractivity contribution in [3.8, 4) is 0 Å². The molecular weight excluding hydrogens is 384 g/mol. The lowest BCUT2D eigenvalue weighted by atomic mass is 10.2. The minimum Gasteiger partial charge on any atom is -0.311 e. The third kappa shape index (κ3) is 4.34. The monoisotopic (exact) mass is 406 g/mol. The minimum atomic E-state index is -3.64. The summed E-state index contributed by atoms with van der Waals surface area (Å²) in [5, 5.41) is 0.234. The fraction of sp³-hybridized carbons (Fsp3) is 0.350. The SMILES string of the molecule is CN(C(=O)c1cc(S(=O)(=O)N2CCCCCC2)ccc1Cl)c1ccccc1. The van der Waals surface area contributed by atoms with E-state index in [9.17, 15) is 13.2 Å². The second kappa shape index (κ2) is 8.42. The summed E-state index contributed by atoms with van der Waals surface area (Å²) in [5.74, 6) is -0.348. The number of rotatable bonds is 4. The van der Waals surface area contributed by atoms with Crippen LogP contribution in [0.3, 0.4) is 0 Å². The summed E-state index contributed by atoms with van der Waals surface area (Å²) in [4.78, 5) is 14.5. The third-order valence-corrected chi connectivity index (χ3v) is 7.04. The van der Waals surface area contributed by atoms with E-state index in [1.807, 2.05) is 30.3 Å².